The van der Waals surface area contributed by atoms with Crippen LogP contribution in [0, 0.1) is 6.92 Å². The van der Waals surface area contributed by atoms with Gasteiger partial charge in [-0.05, 0) is 66.7 Å². The van der Waals surface area contributed by atoms with Crippen molar-refractivity contribution in [2.24, 2.45) is 0 Å². The molecule has 0 fully saturated rings. The van der Waals surface area contributed by atoms with Gasteiger partial charge < -0.3 is 23.5 Å². The second-order valence-corrected chi connectivity index (χ2v) is 11.9. The van der Waals surface area contributed by atoms with E-state index in [1.807, 2.05) is 75.9 Å². The Hall–Kier alpha value is -3.98. The fourth-order valence-electron chi connectivity index (χ4n) is 5.68. The highest BCUT2D eigenvalue weighted by molar-refractivity contribution is 6.33. The van der Waals surface area contributed by atoms with E-state index >= 15 is 0 Å². The summed E-state index contributed by atoms with van der Waals surface area (Å²) in [6.45, 7) is 14.1. The normalized spacial score (nSPS) is 17.1. The van der Waals surface area contributed by atoms with Gasteiger partial charge in [0.05, 0.1) is 47.1 Å². The topological polar surface area (TPSA) is 83.5 Å². The van der Waals surface area contributed by atoms with Gasteiger partial charge in [0.25, 0.3) is 5.56 Å². The Balaban J connectivity index is 1.62. The van der Waals surface area contributed by atoms with Crippen LogP contribution in [0.3, 0.4) is 0 Å². The zero-order valence-corrected chi connectivity index (χ0v) is 25.5. The number of hydrogen-bond acceptors (Lipinski definition) is 6. The molecule has 4 aromatic rings. The molecule has 0 amide bonds. The molecule has 1 aromatic carbocycles. The molecule has 2 unspecified atom stereocenters. The molecule has 10 heteroatoms. The number of carbonyl (C=O) groups is 1. The number of hydrogen-bond donors (Lipinski definition) is 0. The molecule has 216 valence electrons. The van der Waals surface area contributed by atoms with Gasteiger partial charge >= 0.3 is 6.09 Å². The molecule has 4 heterocycles. The highest BCUT2D eigenvalue weighted by Gasteiger charge is 2.34. The summed E-state index contributed by atoms with van der Waals surface area (Å²) in [6.07, 6.45) is 6.88. The summed E-state index contributed by atoms with van der Waals surface area (Å²) in [7, 11) is 1.55. The van der Waals surface area contributed by atoms with E-state index in [0.717, 1.165) is 28.0 Å². The standard InChI is InChI=1S/C31H36ClN5O4/c1-9-24-25-10-11-26(34-14-18(2)33-17-34)29(38)35(25)15-19(3)37(24)20(4)22-16-36(30(39)41-31(5,6)7)27-13-28(40-8)23(32)12-21(22)27/h9-14,16-17,19-20H,15H2,1-8H3/b24-9+. The number of methoxy groups -OCH3 is 1. The molecule has 3 aromatic heterocycles. The lowest BCUT2D eigenvalue weighted by Gasteiger charge is -2.43. The van der Waals surface area contributed by atoms with Crippen LogP contribution in [0.1, 0.15) is 64.5 Å². The Morgan fingerprint density at radius 1 is 1.22 bits per heavy atom. The quantitative estimate of drug-likeness (QED) is 0.273. The predicted octanol–water partition coefficient (Wildman–Crippen LogP) is 6.57. The van der Waals surface area contributed by atoms with Crippen LogP contribution in [0.25, 0.3) is 22.3 Å². The van der Waals surface area contributed by atoms with Crippen LogP contribution >= 0.6 is 11.6 Å². The Morgan fingerprint density at radius 2 is 1.95 bits per heavy atom. The highest BCUT2D eigenvalue weighted by Crippen LogP contribution is 2.41. The monoisotopic (exact) mass is 577 g/mol. The molecule has 0 spiro atoms. The molecule has 0 saturated carbocycles. The maximum Gasteiger partial charge on any atom is 0.419 e. The van der Waals surface area contributed by atoms with Gasteiger partial charge in [-0.2, -0.15) is 0 Å². The number of ether oxygens (including phenoxy) is 2. The van der Waals surface area contributed by atoms with Gasteiger partial charge in [0.2, 0.25) is 0 Å². The van der Waals surface area contributed by atoms with Crippen molar-refractivity contribution in [2.75, 3.05) is 7.11 Å². The molecular formula is C31H36ClN5O4. The summed E-state index contributed by atoms with van der Waals surface area (Å²) in [5.74, 6) is 0.471. The predicted molar refractivity (Wildman–Crippen MR) is 161 cm³/mol. The molecule has 41 heavy (non-hydrogen) atoms. The number of aryl methyl sites for hydroxylation is 1. The molecule has 0 N–H and O–H groups in total. The Bertz CT molecular complexity index is 1740. The molecule has 1 aliphatic rings. The number of imidazole rings is 1. The SMILES string of the molecule is C/C=C1\c2ccc(-n3cnc(C)c3)c(=O)n2CC(C)N1C(C)c1cn(C(=O)OC(C)(C)C)c2cc(OC)c(Cl)cc12. The van der Waals surface area contributed by atoms with Crippen LogP contribution in [0.4, 0.5) is 4.79 Å². The third-order valence-electron chi connectivity index (χ3n) is 7.45. The second kappa shape index (κ2) is 10.4. The minimum atomic E-state index is -0.666. The van der Waals surface area contributed by atoms with E-state index in [1.54, 1.807) is 24.1 Å². The average Bonchev–Trinajstić information content (AvgIpc) is 3.50. The van der Waals surface area contributed by atoms with Crippen LogP contribution in [-0.4, -0.2) is 48.4 Å². The van der Waals surface area contributed by atoms with Crippen LogP contribution in [-0.2, 0) is 11.3 Å². The van der Waals surface area contributed by atoms with Gasteiger partial charge in [0.1, 0.15) is 17.0 Å². The third kappa shape index (κ3) is 5.03. The summed E-state index contributed by atoms with van der Waals surface area (Å²) in [4.78, 5) is 33.5. The molecule has 0 bridgehead atoms. The van der Waals surface area contributed by atoms with Crippen molar-refractivity contribution >= 4 is 34.3 Å². The molecule has 2 atom stereocenters. The fraction of sp³-hybridized carbons (Fsp3) is 0.387. The maximum absolute atomic E-state index is 13.6. The zero-order valence-electron chi connectivity index (χ0n) is 24.7. The lowest BCUT2D eigenvalue weighted by atomic mass is 9.99. The molecule has 9 nitrogen and oxygen atoms in total. The summed E-state index contributed by atoms with van der Waals surface area (Å²) in [5.41, 5.74) is 3.98. The van der Waals surface area contributed by atoms with Gasteiger partial charge in [-0.25, -0.2) is 9.78 Å². The van der Waals surface area contributed by atoms with Gasteiger partial charge in [0, 0.05) is 42.0 Å². The van der Waals surface area contributed by atoms with E-state index in [1.165, 1.54) is 4.57 Å². The number of benzene rings is 1. The second-order valence-electron chi connectivity index (χ2n) is 11.5. The largest absolute Gasteiger partial charge is 0.495 e. The zero-order chi connectivity index (χ0) is 29.8. The van der Waals surface area contributed by atoms with E-state index in [2.05, 4.69) is 23.7 Å². The van der Waals surface area contributed by atoms with Gasteiger partial charge in [-0.1, -0.05) is 17.7 Å². The molecular weight excluding hydrogens is 542 g/mol. The number of carbonyl (C=O) groups excluding carboxylic acids is 1. The Morgan fingerprint density at radius 3 is 2.56 bits per heavy atom. The molecule has 5 rings (SSSR count). The van der Waals surface area contributed by atoms with Crippen LogP contribution < -0.4 is 10.3 Å². The first kappa shape index (κ1) is 28.5. The fourth-order valence-corrected chi connectivity index (χ4v) is 5.92. The Labute approximate surface area is 244 Å². The third-order valence-corrected chi connectivity index (χ3v) is 7.74. The number of pyridine rings is 1. The molecule has 0 aliphatic carbocycles. The van der Waals surface area contributed by atoms with E-state index < -0.39 is 11.7 Å². The van der Waals surface area contributed by atoms with E-state index in [9.17, 15) is 9.59 Å². The lowest BCUT2D eigenvalue weighted by molar-refractivity contribution is 0.0544. The first-order chi connectivity index (χ1) is 19.3. The minimum absolute atomic E-state index is 0.0326. The summed E-state index contributed by atoms with van der Waals surface area (Å²) < 4.78 is 16.3. The first-order valence-electron chi connectivity index (χ1n) is 13.7. The maximum atomic E-state index is 13.6. The number of fused-ring (bicyclic) bond motifs is 2. The van der Waals surface area contributed by atoms with E-state index in [-0.39, 0.29) is 17.6 Å². The molecule has 0 saturated heterocycles. The van der Waals surface area contributed by atoms with Gasteiger partial charge in [-0.3, -0.25) is 9.36 Å². The minimum Gasteiger partial charge on any atom is -0.495 e. The Kier molecular flexibility index (Phi) is 7.27. The number of aromatic nitrogens is 4. The summed E-state index contributed by atoms with van der Waals surface area (Å²) in [6, 6.07) is 7.23. The number of allylic oxidation sites excluding steroid dienone is 1. The highest BCUT2D eigenvalue weighted by atomic mass is 35.5. The van der Waals surface area contributed by atoms with Crippen molar-refractivity contribution in [3.63, 3.8) is 0 Å². The van der Waals surface area contributed by atoms with Crippen molar-refractivity contribution in [2.45, 2.75) is 72.7 Å². The van der Waals surface area contributed by atoms with Crippen molar-refractivity contribution in [1.29, 1.82) is 0 Å². The van der Waals surface area contributed by atoms with Crippen LogP contribution in [0.5, 0.6) is 5.75 Å². The molecule has 0 radical (unpaired) electrons. The number of nitrogens with zero attached hydrogens (tertiary/aromatic N) is 5. The van der Waals surface area contributed by atoms with Crippen molar-refractivity contribution in [3.05, 3.63) is 81.4 Å². The van der Waals surface area contributed by atoms with Crippen molar-refractivity contribution < 1.29 is 14.3 Å². The van der Waals surface area contributed by atoms with Gasteiger partial charge in [0.15, 0.2) is 0 Å². The van der Waals surface area contributed by atoms with E-state index in [0.29, 0.717) is 28.5 Å². The molecule has 1 aliphatic heterocycles. The average molecular weight is 578 g/mol. The van der Waals surface area contributed by atoms with Crippen molar-refractivity contribution in [3.8, 4) is 11.4 Å². The summed E-state index contributed by atoms with van der Waals surface area (Å²) in [5, 5.41) is 1.28. The number of halogens is 1. The van der Waals surface area contributed by atoms with E-state index in [4.69, 9.17) is 21.1 Å². The van der Waals surface area contributed by atoms with Crippen LogP contribution in [0.15, 0.2) is 53.9 Å². The van der Waals surface area contributed by atoms with Crippen LogP contribution in [0.2, 0.25) is 5.02 Å². The van der Waals surface area contributed by atoms with Gasteiger partial charge in [-0.15, -0.1) is 0 Å². The lowest BCUT2D eigenvalue weighted by Crippen LogP contribution is -2.45. The first-order valence-corrected chi connectivity index (χ1v) is 14.0. The smallest absolute Gasteiger partial charge is 0.419 e. The number of rotatable bonds is 4. The summed E-state index contributed by atoms with van der Waals surface area (Å²) >= 11 is 6.58. The van der Waals surface area contributed by atoms with Crippen molar-refractivity contribution in [1.82, 2.24) is 23.6 Å².